The van der Waals surface area contributed by atoms with E-state index in [1.165, 1.54) is 0 Å². The third-order valence-corrected chi connectivity index (χ3v) is 7.70. The van der Waals surface area contributed by atoms with Crippen LogP contribution in [0.3, 0.4) is 0 Å². The summed E-state index contributed by atoms with van der Waals surface area (Å²) in [7, 11) is 0. The van der Waals surface area contributed by atoms with Crippen LogP contribution in [0, 0.1) is 24.2 Å². The molecule has 0 spiro atoms. The number of rotatable bonds is 9. The first-order valence-electron chi connectivity index (χ1n) is 14.5. The smallest absolute Gasteiger partial charge is 0.271 e. The molecule has 1 atom stereocenters. The zero-order valence-corrected chi connectivity index (χ0v) is 24.6. The largest absolute Gasteiger partial charge is 0.493 e. The maximum Gasteiger partial charge on any atom is 0.271 e. The first kappa shape index (κ1) is 29.0. The third-order valence-electron chi connectivity index (χ3n) is 7.70. The van der Waals surface area contributed by atoms with Crippen molar-refractivity contribution in [2.75, 3.05) is 19.8 Å². The SMILES string of the molecule is CC1=C(C#N)C(=O)N(CC2CCCO2)C(=O)/C1=C/c1cn(-c2ccccc2)nc1-c1ccc(OCCC(C)C)c(C)c1. The summed E-state index contributed by atoms with van der Waals surface area (Å²) < 4.78 is 13.5. The van der Waals surface area contributed by atoms with Crippen molar-refractivity contribution in [3.63, 3.8) is 0 Å². The standard InChI is InChI=1S/C34H36N4O4/c1-22(2)14-16-42-31-13-12-25(17-23(31)3)32-26(20-38(36-32)27-9-6-5-7-10-27)18-29-24(4)30(19-35)34(40)37(33(29)39)21-28-11-8-15-41-28/h5-7,9-10,12-13,17-18,20,22,28H,8,11,14-16,21H2,1-4H3/b29-18+. The molecule has 1 unspecified atom stereocenters. The second kappa shape index (κ2) is 12.6. The van der Waals surface area contributed by atoms with E-state index in [0.717, 1.165) is 46.7 Å². The Morgan fingerprint density at radius 2 is 1.93 bits per heavy atom. The van der Waals surface area contributed by atoms with Crippen molar-refractivity contribution >= 4 is 17.9 Å². The quantitative estimate of drug-likeness (QED) is 0.232. The molecule has 2 aromatic carbocycles. The minimum Gasteiger partial charge on any atom is -0.493 e. The number of hydrogen-bond donors (Lipinski definition) is 0. The normalized spacial score (nSPS) is 18.3. The van der Waals surface area contributed by atoms with Gasteiger partial charge in [-0.15, -0.1) is 0 Å². The number of carbonyl (C=O) groups is 2. The van der Waals surface area contributed by atoms with Gasteiger partial charge in [0.25, 0.3) is 11.8 Å². The number of hydrogen-bond acceptors (Lipinski definition) is 6. The molecule has 5 rings (SSSR count). The summed E-state index contributed by atoms with van der Waals surface area (Å²) >= 11 is 0. The summed E-state index contributed by atoms with van der Waals surface area (Å²) in [6.45, 7) is 9.37. The molecule has 42 heavy (non-hydrogen) atoms. The number of imide groups is 1. The first-order chi connectivity index (χ1) is 20.3. The van der Waals surface area contributed by atoms with E-state index in [1.807, 2.05) is 67.7 Å². The summed E-state index contributed by atoms with van der Waals surface area (Å²) in [5.74, 6) is 0.373. The molecule has 8 nitrogen and oxygen atoms in total. The molecule has 1 fully saturated rings. The lowest BCUT2D eigenvalue weighted by atomic mass is 9.93. The number of nitrogens with zero attached hydrogens (tertiary/aromatic N) is 4. The maximum atomic E-state index is 13.8. The van der Waals surface area contributed by atoms with Crippen LogP contribution < -0.4 is 4.74 Å². The van der Waals surface area contributed by atoms with E-state index < -0.39 is 11.8 Å². The van der Waals surface area contributed by atoms with E-state index in [-0.39, 0.29) is 18.2 Å². The van der Waals surface area contributed by atoms with E-state index in [1.54, 1.807) is 17.7 Å². The molecule has 8 heteroatoms. The topological polar surface area (TPSA) is 97.5 Å². The lowest BCUT2D eigenvalue weighted by Gasteiger charge is -2.29. The maximum absolute atomic E-state index is 13.8. The zero-order valence-electron chi connectivity index (χ0n) is 24.6. The van der Waals surface area contributed by atoms with Gasteiger partial charge in [-0.2, -0.15) is 10.4 Å². The Bertz CT molecular complexity index is 1590. The van der Waals surface area contributed by atoms with Gasteiger partial charge >= 0.3 is 0 Å². The number of nitriles is 1. The number of amides is 2. The molecule has 216 valence electrons. The van der Waals surface area contributed by atoms with E-state index in [4.69, 9.17) is 14.6 Å². The highest BCUT2D eigenvalue weighted by atomic mass is 16.5. The van der Waals surface area contributed by atoms with Crippen molar-refractivity contribution in [2.24, 2.45) is 5.92 Å². The van der Waals surface area contributed by atoms with E-state index >= 15 is 0 Å². The fraction of sp³-hybridized carbons (Fsp3) is 0.353. The summed E-state index contributed by atoms with van der Waals surface area (Å²) in [5, 5.41) is 14.8. The van der Waals surface area contributed by atoms with E-state index in [2.05, 4.69) is 13.8 Å². The van der Waals surface area contributed by atoms with Gasteiger partial charge in [-0.25, -0.2) is 4.68 Å². The van der Waals surface area contributed by atoms with Crippen molar-refractivity contribution in [2.45, 2.75) is 53.1 Å². The molecule has 0 bridgehead atoms. The number of aryl methyl sites for hydroxylation is 1. The monoisotopic (exact) mass is 564 g/mol. The minimum absolute atomic E-state index is 0.0328. The van der Waals surface area contributed by atoms with Gasteiger partial charge in [-0.05, 0) is 86.6 Å². The Morgan fingerprint density at radius 1 is 1.14 bits per heavy atom. The summed E-state index contributed by atoms with van der Waals surface area (Å²) in [4.78, 5) is 28.1. The average Bonchev–Trinajstić information content (AvgIpc) is 3.65. The fourth-order valence-corrected chi connectivity index (χ4v) is 5.24. The van der Waals surface area contributed by atoms with Gasteiger partial charge in [0.05, 0.1) is 30.6 Å². The Labute approximate surface area is 246 Å². The van der Waals surface area contributed by atoms with Gasteiger partial charge in [0.2, 0.25) is 0 Å². The Morgan fingerprint density at radius 3 is 2.60 bits per heavy atom. The second-order valence-corrected chi connectivity index (χ2v) is 11.3. The van der Waals surface area contributed by atoms with Gasteiger partial charge in [0.1, 0.15) is 17.4 Å². The van der Waals surface area contributed by atoms with Gasteiger partial charge in [0, 0.05) is 29.5 Å². The van der Waals surface area contributed by atoms with Crippen LogP contribution in [0.15, 0.2) is 71.4 Å². The van der Waals surface area contributed by atoms with Gasteiger partial charge in [-0.1, -0.05) is 32.0 Å². The number of ether oxygens (including phenoxy) is 2. The Kier molecular flexibility index (Phi) is 8.69. The molecular weight excluding hydrogens is 528 g/mol. The molecule has 0 radical (unpaired) electrons. The first-order valence-corrected chi connectivity index (χ1v) is 14.5. The van der Waals surface area contributed by atoms with Crippen LogP contribution >= 0.6 is 0 Å². The average molecular weight is 565 g/mol. The second-order valence-electron chi connectivity index (χ2n) is 11.3. The molecule has 2 amide bonds. The minimum atomic E-state index is -0.573. The van der Waals surface area contributed by atoms with Gasteiger partial charge in [0.15, 0.2) is 0 Å². The van der Waals surface area contributed by atoms with Crippen LogP contribution in [0.5, 0.6) is 5.75 Å². The van der Waals surface area contributed by atoms with E-state index in [0.29, 0.717) is 41.5 Å². The van der Waals surface area contributed by atoms with Crippen molar-refractivity contribution in [3.05, 3.63) is 82.6 Å². The Hall–Kier alpha value is -4.48. The van der Waals surface area contributed by atoms with Crippen molar-refractivity contribution in [1.82, 2.24) is 14.7 Å². The molecule has 0 saturated carbocycles. The van der Waals surface area contributed by atoms with Gasteiger partial charge < -0.3 is 9.47 Å². The van der Waals surface area contributed by atoms with Crippen molar-refractivity contribution in [1.29, 1.82) is 5.26 Å². The molecule has 0 N–H and O–H groups in total. The summed E-state index contributed by atoms with van der Waals surface area (Å²) in [6, 6.07) is 17.7. The van der Waals surface area contributed by atoms with Crippen molar-refractivity contribution in [3.8, 4) is 28.8 Å². The van der Waals surface area contributed by atoms with Crippen LogP contribution in [0.4, 0.5) is 0 Å². The molecule has 3 aromatic rings. The number of benzene rings is 2. The molecule has 2 aliphatic heterocycles. The highest BCUT2D eigenvalue weighted by Crippen LogP contribution is 2.33. The van der Waals surface area contributed by atoms with Crippen LogP contribution in [0.25, 0.3) is 23.0 Å². The van der Waals surface area contributed by atoms with Crippen LogP contribution in [0.1, 0.15) is 51.2 Å². The zero-order chi connectivity index (χ0) is 29.8. The summed E-state index contributed by atoms with van der Waals surface area (Å²) in [6.07, 6.45) is 6.01. The molecular formula is C34H36N4O4. The Balaban J connectivity index is 1.58. The fourth-order valence-electron chi connectivity index (χ4n) is 5.24. The third kappa shape index (κ3) is 6.07. The van der Waals surface area contributed by atoms with Gasteiger partial charge in [-0.3, -0.25) is 14.5 Å². The lowest BCUT2D eigenvalue weighted by Crippen LogP contribution is -2.46. The van der Waals surface area contributed by atoms with Crippen molar-refractivity contribution < 1.29 is 19.1 Å². The van der Waals surface area contributed by atoms with Crippen LogP contribution in [-0.2, 0) is 14.3 Å². The van der Waals surface area contributed by atoms with Crippen LogP contribution in [-0.4, -0.2) is 52.4 Å². The molecule has 1 aromatic heterocycles. The van der Waals surface area contributed by atoms with E-state index in [9.17, 15) is 14.9 Å². The molecule has 0 aliphatic carbocycles. The highest BCUT2D eigenvalue weighted by Gasteiger charge is 2.37. The van der Waals surface area contributed by atoms with Crippen LogP contribution in [0.2, 0.25) is 0 Å². The highest BCUT2D eigenvalue weighted by molar-refractivity contribution is 6.19. The molecule has 1 saturated heterocycles. The number of para-hydroxylation sites is 1. The number of carbonyl (C=O) groups excluding carboxylic acids is 2. The number of aromatic nitrogens is 2. The molecule has 3 heterocycles. The lowest BCUT2D eigenvalue weighted by molar-refractivity contribution is -0.142. The predicted octanol–water partition coefficient (Wildman–Crippen LogP) is 6.04. The molecule has 2 aliphatic rings. The predicted molar refractivity (Wildman–Crippen MR) is 161 cm³/mol. The summed E-state index contributed by atoms with van der Waals surface area (Å²) in [5.41, 5.74) is 4.70.